The van der Waals surface area contributed by atoms with Crippen LogP contribution in [0.1, 0.15) is 29.8 Å². The van der Waals surface area contributed by atoms with Crippen LogP contribution in [0.15, 0.2) is 12.3 Å². The summed E-state index contributed by atoms with van der Waals surface area (Å²) >= 11 is 0. The summed E-state index contributed by atoms with van der Waals surface area (Å²) in [6.45, 7) is 1.82. The minimum absolute atomic E-state index is 0.0410. The summed E-state index contributed by atoms with van der Waals surface area (Å²) in [5.41, 5.74) is 0.323. The molecule has 0 radical (unpaired) electrons. The Labute approximate surface area is 130 Å². The first-order chi connectivity index (χ1) is 10.5. The van der Waals surface area contributed by atoms with Crippen molar-refractivity contribution in [1.29, 1.82) is 0 Å². The van der Waals surface area contributed by atoms with Crippen molar-refractivity contribution in [2.24, 2.45) is 0 Å². The molecule has 1 aromatic rings. The Morgan fingerprint density at radius 1 is 1.36 bits per heavy atom. The van der Waals surface area contributed by atoms with Crippen LogP contribution in [-0.4, -0.2) is 66.9 Å². The molecule has 7 nitrogen and oxygen atoms in total. The largest absolute Gasteiger partial charge is 0.341 e. The lowest BCUT2D eigenvalue weighted by molar-refractivity contribution is 0.0741. The topological polar surface area (TPSA) is 83.5 Å². The fourth-order valence-electron chi connectivity index (χ4n) is 2.96. The van der Waals surface area contributed by atoms with Crippen molar-refractivity contribution in [2.75, 3.05) is 36.5 Å². The quantitative estimate of drug-likeness (QED) is 0.797. The number of hydrogen-bond acceptors (Lipinski definition) is 6. The molecule has 2 fully saturated rings. The van der Waals surface area contributed by atoms with E-state index in [0.29, 0.717) is 18.1 Å². The summed E-state index contributed by atoms with van der Waals surface area (Å²) in [6, 6.07) is 1.32. The Morgan fingerprint density at radius 2 is 2.09 bits per heavy atom. The number of rotatable bonds is 3. The van der Waals surface area contributed by atoms with Gasteiger partial charge in [0.1, 0.15) is 5.69 Å². The number of amides is 1. The molecule has 2 aliphatic heterocycles. The molecular weight excluding hydrogens is 304 g/mol. The van der Waals surface area contributed by atoms with Crippen LogP contribution >= 0.6 is 0 Å². The molecule has 1 aromatic heterocycles. The molecule has 0 spiro atoms. The van der Waals surface area contributed by atoms with Gasteiger partial charge < -0.3 is 9.80 Å². The van der Waals surface area contributed by atoms with Crippen LogP contribution in [0.2, 0.25) is 0 Å². The molecule has 2 aliphatic rings. The Kier molecular flexibility index (Phi) is 4.03. The van der Waals surface area contributed by atoms with Crippen LogP contribution in [0.3, 0.4) is 0 Å². The number of aromatic nitrogens is 2. The highest BCUT2D eigenvalue weighted by atomic mass is 32.2. The van der Waals surface area contributed by atoms with Crippen molar-refractivity contribution < 1.29 is 13.2 Å². The number of carbonyl (C=O) groups is 1. The molecule has 0 N–H and O–H groups in total. The zero-order valence-electron chi connectivity index (χ0n) is 12.6. The lowest BCUT2D eigenvalue weighted by Crippen LogP contribution is -2.38. The third-order valence-corrected chi connectivity index (χ3v) is 6.08. The summed E-state index contributed by atoms with van der Waals surface area (Å²) < 4.78 is 23.1. The molecule has 0 aliphatic carbocycles. The van der Waals surface area contributed by atoms with Gasteiger partial charge in [-0.1, -0.05) is 0 Å². The van der Waals surface area contributed by atoms with Crippen molar-refractivity contribution in [3.05, 3.63) is 18.0 Å². The van der Waals surface area contributed by atoms with Crippen molar-refractivity contribution in [3.8, 4) is 0 Å². The average Bonchev–Trinajstić information content (AvgIpc) is 3.15. The summed E-state index contributed by atoms with van der Waals surface area (Å²) in [7, 11) is -1.37. The summed E-state index contributed by atoms with van der Waals surface area (Å²) in [5.74, 6) is 0.526. The van der Waals surface area contributed by atoms with E-state index in [-0.39, 0.29) is 23.5 Å². The fourth-order valence-corrected chi connectivity index (χ4v) is 4.74. The van der Waals surface area contributed by atoms with Gasteiger partial charge in [-0.25, -0.2) is 18.4 Å². The molecule has 3 heterocycles. The van der Waals surface area contributed by atoms with E-state index in [9.17, 15) is 13.2 Å². The van der Waals surface area contributed by atoms with Gasteiger partial charge in [0.05, 0.1) is 11.5 Å². The van der Waals surface area contributed by atoms with Crippen LogP contribution in [0, 0.1) is 0 Å². The zero-order chi connectivity index (χ0) is 15.7. The highest BCUT2D eigenvalue weighted by molar-refractivity contribution is 7.91. The van der Waals surface area contributed by atoms with E-state index in [1.54, 1.807) is 19.3 Å². The predicted molar refractivity (Wildman–Crippen MR) is 82.6 cm³/mol. The average molecular weight is 324 g/mol. The highest BCUT2D eigenvalue weighted by Gasteiger charge is 2.33. The molecular formula is C14H20N4O3S. The Morgan fingerprint density at radius 3 is 2.73 bits per heavy atom. The number of anilines is 1. The molecule has 1 unspecified atom stereocenters. The maximum absolute atomic E-state index is 12.5. The number of sulfone groups is 1. The molecule has 0 saturated carbocycles. The second kappa shape index (κ2) is 5.83. The Bertz CT molecular complexity index is 670. The van der Waals surface area contributed by atoms with Crippen LogP contribution in [-0.2, 0) is 9.84 Å². The summed E-state index contributed by atoms with van der Waals surface area (Å²) in [5, 5.41) is 0. The monoisotopic (exact) mass is 324 g/mol. The maximum atomic E-state index is 12.5. The standard InChI is InChI=1S/C14H20N4O3S/c1-17(11-5-9-22(20,21)10-11)13(19)12-4-6-15-14(16-12)18-7-2-3-8-18/h4,6,11H,2-3,5,7-10H2,1H3. The molecule has 0 bridgehead atoms. The summed E-state index contributed by atoms with van der Waals surface area (Å²) in [6.07, 6.45) is 4.31. The normalized spacial score (nSPS) is 23.7. The van der Waals surface area contributed by atoms with Gasteiger partial charge in [-0.15, -0.1) is 0 Å². The molecule has 8 heteroatoms. The SMILES string of the molecule is CN(C(=O)c1ccnc(N2CCCC2)n1)C1CCS(=O)(=O)C1. The van der Waals surface area contributed by atoms with Gasteiger partial charge in [0, 0.05) is 32.4 Å². The minimum atomic E-state index is -3.01. The highest BCUT2D eigenvalue weighted by Crippen LogP contribution is 2.19. The van der Waals surface area contributed by atoms with E-state index in [0.717, 1.165) is 25.9 Å². The van der Waals surface area contributed by atoms with Gasteiger partial charge in [-0.3, -0.25) is 4.79 Å². The number of nitrogens with zero attached hydrogens (tertiary/aromatic N) is 4. The van der Waals surface area contributed by atoms with Gasteiger partial charge in [-0.2, -0.15) is 0 Å². The minimum Gasteiger partial charge on any atom is -0.341 e. The van der Waals surface area contributed by atoms with Crippen molar-refractivity contribution in [2.45, 2.75) is 25.3 Å². The van der Waals surface area contributed by atoms with Crippen LogP contribution in [0.5, 0.6) is 0 Å². The van der Waals surface area contributed by atoms with Gasteiger partial charge in [0.25, 0.3) is 5.91 Å². The van der Waals surface area contributed by atoms with E-state index >= 15 is 0 Å². The van der Waals surface area contributed by atoms with Crippen LogP contribution in [0.4, 0.5) is 5.95 Å². The lowest BCUT2D eigenvalue weighted by atomic mass is 10.2. The molecule has 120 valence electrons. The van der Waals surface area contributed by atoms with Gasteiger partial charge in [-0.05, 0) is 25.3 Å². The van der Waals surface area contributed by atoms with E-state index in [1.165, 1.54) is 4.90 Å². The third-order valence-electron chi connectivity index (χ3n) is 4.33. The Balaban J connectivity index is 1.75. The van der Waals surface area contributed by atoms with Gasteiger partial charge >= 0.3 is 0 Å². The Hall–Kier alpha value is -1.70. The first kappa shape index (κ1) is 15.2. The number of hydrogen-bond donors (Lipinski definition) is 0. The first-order valence-electron chi connectivity index (χ1n) is 7.52. The van der Waals surface area contributed by atoms with Gasteiger partial charge in [0.2, 0.25) is 5.95 Å². The van der Waals surface area contributed by atoms with Crippen LogP contribution < -0.4 is 4.90 Å². The lowest BCUT2D eigenvalue weighted by Gasteiger charge is -2.23. The number of carbonyl (C=O) groups excluding carboxylic acids is 1. The van der Waals surface area contributed by atoms with Crippen LogP contribution in [0.25, 0.3) is 0 Å². The molecule has 3 rings (SSSR count). The smallest absolute Gasteiger partial charge is 0.272 e. The van der Waals surface area contributed by atoms with E-state index in [2.05, 4.69) is 14.9 Å². The zero-order valence-corrected chi connectivity index (χ0v) is 13.4. The van der Waals surface area contributed by atoms with Crippen molar-refractivity contribution in [3.63, 3.8) is 0 Å². The molecule has 1 atom stereocenters. The summed E-state index contributed by atoms with van der Waals surface area (Å²) in [4.78, 5) is 24.7. The molecule has 2 saturated heterocycles. The second-order valence-electron chi connectivity index (χ2n) is 5.91. The van der Waals surface area contributed by atoms with Crippen molar-refractivity contribution in [1.82, 2.24) is 14.9 Å². The van der Waals surface area contributed by atoms with Crippen molar-refractivity contribution >= 4 is 21.7 Å². The van der Waals surface area contributed by atoms with E-state index in [4.69, 9.17) is 0 Å². The fraction of sp³-hybridized carbons (Fsp3) is 0.643. The maximum Gasteiger partial charge on any atom is 0.272 e. The van der Waals surface area contributed by atoms with E-state index in [1.807, 2.05) is 0 Å². The predicted octanol–water partition coefficient (Wildman–Crippen LogP) is 0.336. The molecule has 22 heavy (non-hydrogen) atoms. The van der Waals surface area contributed by atoms with E-state index < -0.39 is 9.84 Å². The van der Waals surface area contributed by atoms with Gasteiger partial charge in [0.15, 0.2) is 9.84 Å². The molecule has 1 amide bonds. The molecule has 0 aromatic carbocycles. The first-order valence-corrected chi connectivity index (χ1v) is 9.34. The third kappa shape index (κ3) is 3.06. The second-order valence-corrected chi connectivity index (χ2v) is 8.14.